The number of carbonyl (C=O) groups excluding carboxylic acids is 2. The van der Waals surface area contributed by atoms with Crippen LogP contribution in [0.4, 0.5) is 0 Å². The number of thioether (sulfide) groups is 1. The summed E-state index contributed by atoms with van der Waals surface area (Å²) in [6.45, 7) is 0. The van der Waals surface area contributed by atoms with Crippen molar-refractivity contribution in [3.05, 3.63) is 34.9 Å². The van der Waals surface area contributed by atoms with Gasteiger partial charge in [0.2, 0.25) is 0 Å². The second-order valence-corrected chi connectivity index (χ2v) is 6.60. The summed E-state index contributed by atoms with van der Waals surface area (Å²) in [6.07, 6.45) is 2.56. The van der Waals surface area contributed by atoms with Crippen LogP contribution in [0.15, 0.2) is 24.3 Å². The zero-order valence-electron chi connectivity index (χ0n) is 11.4. The lowest BCUT2D eigenvalue weighted by molar-refractivity contribution is -0.141. The van der Waals surface area contributed by atoms with Gasteiger partial charge in [-0.25, -0.2) is 0 Å². The van der Waals surface area contributed by atoms with Crippen LogP contribution < -0.4 is 0 Å². The van der Waals surface area contributed by atoms with Gasteiger partial charge in [0.1, 0.15) is 0 Å². The van der Waals surface area contributed by atoms with Crippen LogP contribution in [0.2, 0.25) is 5.02 Å². The first-order chi connectivity index (χ1) is 9.54. The maximum Gasteiger partial charge on any atom is 0.306 e. The summed E-state index contributed by atoms with van der Waals surface area (Å²) in [6, 6.07) is 6.93. The molecule has 1 aromatic carbocycles. The van der Waals surface area contributed by atoms with Crippen molar-refractivity contribution in [1.29, 1.82) is 0 Å². The fourth-order valence-corrected chi connectivity index (χ4v) is 3.41. The molecular weight excluding hydrogens is 296 g/mol. The fourth-order valence-electron chi connectivity index (χ4n) is 2.01. The van der Waals surface area contributed by atoms with Crippen LogP contribution in [0.3, 0.4) is 0 Å². The summed E-state index contributed by atoms with van der Waals surface area (Å²) >= 11 is 7.38. The molecule has 0 N–H and O–H groups in total. The number of Topliss-reactive ketones (excluding diaryl/α,β-unsaturated/α-hetero) is 1. The van der Waals surface area contributed by atoms with Gasteiger partial charge in [-0.3, -0.25) is 9.59 Å². The lowest BCUT2D eigenvalue weighted by atomic mass is 10.1. The van der Waals surface area contributed by atoms with E-state index in [1.54, 1.807) is 36.0 Å². The highest BCUT2D eigenvalue weighted by molar-refractivity contribution is 8.00. The van der Waals surface area contributed by atoms with Gasteiger partial charge in [-0.05, 0) is 48.3 Å². The van der Waals surface area contributed by atoms with Crippen LogP contribution in [-0.2, 0) is 9.53 Å². The summed E-state index contributed by atoms with van der Waals surface area (Å²) in [5.41, 5.74) is 0.748. The Labute approximate surface area is 128 Å². The third-order valence-corrected chi connectivity index (χ3v) is 5.05. The van der Waals surface area contributed by atoms with E-state index in [-0.39, 0.29) is 17.2 Å². The molecule has 0 unspecified atom stereocenters. The molecule has 0 amide bonds. The molecule has 1 aliphatic rings. The van der Waals surface area contributed by atoms with Gasteiger partial charge in [0, 0.05) is 10.6 Å². The number of methoxy groups -OCH3 is 1. The number of rotatable bonds is 7. The van der Waals surface area contributed by atoms with Gasteiger partial charge in [0.05, 0.1) is 19.3 Å². The molecule has 0 saturated heterocycles. The van der Waals surface area contributed by atoms with Crippen LogP contribution in [0.1, 0.15) is 29.6 Å². The predicted molar refractivity (Wildman–Crippen MR) is 81.4 cm³/mol. The molecular formula is C15H17ClO3S. The second kappa shape index (κ2) is 6.64. The number of esters is 1. The van der Waals surface area contributed by atoms with Crippen molar-refractivity contribution in [3.63, 3.8) is 0 Å². The van der Waals surface area contributed by atoms with Gasteiger partial charge in [0.25, 0.3) is 0 Å². The quantitative estimate of drug-likeness (QED) is 0.570. The Kier molecular flexibility index (Phi) is 5.11. The van der Waals surface area contributed by atoms with Crippen molar-refractivity contribution in [2.75, 3.05) is 18.6 Å². The van der Waals surface area contributed by atoms with E-state index in [1.807, 2.05) is 0 Å². The number of halogens is 1. The Bertz CT molecular complexity index is 494. The van der Waals surface area contributed by atoms with Crippen molar-refractivity contribution in [2.24, 2.45) is 5.41 Å². The summed E-state index contributed by atoms with van der Waals surface area (Å²) in [7, 11) is 1.41. The van der Waals surface area contributed by atoms with Gasteiger partial charge in [-0.15, -0.1) is 0 Å². The van der Waals surface area contributed by atoms with E-state index in [1.165, 1.54) is 7.11 Å². The molecule has 20 heavy (non-hydrogen) atoms. The lowest BCUT2D eigenvalue weighted by Gasteiger charge is -2.12. The smallest absolute Gasteiger partial charge is 0.306 e. The number of hydrogen-bond acceptors (Lipinski definition) is 4. The third kappa shape index (κ3) is 4.25. The van der Waals surface area contributed by atoms with E-state index in [9.17, 15) is 9.59 Å². The minimum atomic E-state index is -0.160. The molecule has 1 fully saturated rings. The number of hydrogen-bond donors (Lipinski definition) is 0. The third-order valence-electron chi connectivity index (χ3n) is 3.51. The summed E-state index contributed by atoms with van der Waals surface area (Å²) in [5.74, 6) is 1.21. The van der Waals surface area contributed by atoms with Crippen molar-refractivity contribution < 1.29 is 14.3 Å². The van der Waals surface area contributed by atoms with Gasteiger partial charge in [-0.2, -0.15) is 11.8 Å². The molecule has 0 heterocycles. The number of ketones is 1. The topological polar surface area (TPSA) is 43.4 Å². The highest BCUT2D eigenvalue weighted by Crippen LogP contribution is 2.51. The van der Waals surface area contributed by atoms with E-state index in [0.29, 0.717) is 22.8 Å². The van der Waals surface area contributed by atoms with Crippen LogP contribution in [0, 0.1) is 5.41 Å². The molecule has 0 bridgehead atoms. The number of ether oxygens (including phenoxy) is 1. The van der Waals surface area contributed by atoms with Gasteiger partial charge in [0.15, 0.2) is 5.78 Å². The van der Waals surface area contributed by atoms with Gasteiger partial charge < -0.3 is 4.74 Å². The zero-order valence-corrected chi connectivity index (χ0v) is 12.9. The SMILES string of the molecule is COC(=O)CC1(CSCC(=O)c2ccc(Cl)cc2)CC1. The molecule has 3 nitrogen and oxygen atoms in total. The summed E-state index contributed by atoms with van der Waals surface area (Å²) in [5, 5.41) is 0.629. The van der Waals surface area contributed by atoms with Crippen molar-refractivity contribution >= 4 is 35.1 Å². The van der Waals surface area contributed by atoms with Crippen LogP contribution in [0.25, 0.3) is 0 Å². The Morgan fingerprint density at radius 1 is 1.30 bits per heavy atom. The van der Waals surface area contributed by atoms with Gasteiger partial charge in [-0.1, -0.05) is 11.6 Å². The molecule has 0 aliphatic heterocycles. The van der Waals surface area contributed by atoms with E-state index < -0.39 is 0 Å². The van der Waals surface area contributed by atoms with Crippen molar-refractivity contribution in [3.8, 4) is 0 Å². The maximum atomic E-state index is 12.0. The predicted octanol–water partition coefficient (Wildman–Crippen LogP) is 3.60. The standard InChI is InChI=1S/C15H17ClO3S/c1-19-14(18)8-15(6-7-15)10-20-9-13(17)11-2-4-12(16)5-3-11/h2-5H,6-10H2,1H3. The first-order valence-corrected chi connectivity index (χ1v) is 8.01. The minimum absolute atomic E-state index is 0.0675. The van der Waals surface area contributed by atoms with E-state index in [4.69, 9.17) is 16.3 Å². The van der Waals surface area contributed by atoms with E-state index in [0.717, 1.165) is 18.6 Å². The average Bonchev–Trinajstić information content (AvgIpc) is 3.19. The first-order valence-electron chi connectivity index (χ1n) is 6.48. The molecule has 1 aliphatic carbocycles. The first kappa shape index (κ1) is 15.4. The summed E-state index contributed by atoms with van der Waals surface area (Å²) < 4.78 is 4.71. The highest BCUT2D eigenvalue weighted by Gasteiger charge is 2.44. The van der Waals surface area contributed by atoms with Crippen LogP contribution >= 0.6 is 23.4 Å². The Hall–Kier alpha value is -1.00. The molecule has 5 heteroatoms. The van der Waals surface area contributed by atoms with E-state index >= 15 is 0 Å². The molecule has 2 rings (SSSR count). The number of benzene rings is 1. The number of carbonyl (C=O) groups is 2. The van der Waals surface area contributed by atoms with Gasteiger partial charge >= 0.3 is 5.97 Å². The molecule has 0 aromatic heterocycles. The molecule has 1 aromatic rings. The average molecular weight is 313 g/mol. The summed E-state index contributed by atoms with van der Waals surface area (Å²) in [4.78, 5) is 23.3. The fraction of sp³-hybridized carbons (Fsp3) is 0.467. The maximum absolute atomic E-state index is 12.0. The Balaban J connectivity index is 1.77. The van der Waals surface area contributed by atoms with Crippen molar-refractivity contribution in [2.45, 2.75) is 19.3 Å². The highest BCUT2D eigenvalue weighted by atomic mass is 35.5. The Morgan fingerprint density at radius 3 is 2.50 bits per heavy atom. The van der Waals surface area contributed by atoms with E-state index in [2.05, 4.69) is 0 Å². The minimum Gasteiger partial charge on any atom is -0.469 e. The normalized spacial score (nSPS) is 15.7. The lowest BCUT2D eigenvalue weighted by Crippen LogP contribution is -2.14. The second-order valence-electron chi connectivity index (χ2n) is 5.18. The largest absolute Gasteiger partial charge is 0.469 e. The molecule has 0 radical (unpaired) electrons. The Morgan fingerprint density at radius 2 is 1.95 bits per heavy atom. The van der Waals surface area contributed by atoms with Crippen LogP contribution in [0.5, 0.6) is 0 Å². The molecule has 0 atom stereocenters. The zero-order chi connectivity index (χ0) is 14.6. The van der Waals surface area contributed by atoms with Crippen LogP contribution in [-0.4, -0.2) is 30.4 Å². The molecule has 0 spiro atoms. The van der Waals surface area contributed by atoms with Crippen molar-refractivity contribution in [1.82, 2.24) is 0 Å². The monoisotopic (exact) mass is 312 g/mol. The molecule has 108 valence electrons. The molecule has 1 saturated carbocycles.